The number of carbonyl (C=O) groups is 2. The summed E-state index contributed by atoms with van der Waals surface area (Å²) in [7, 11) is 0. The first-order chi connectivity index (χ1) is 12.7. The van der Waals surface area contributed by atoms with Crippen molar-refractivity contribution >= 4 is 34.8 Å². The van der Waals surface area contributed by atoms with Gasteiger partial charge >= 0.3 is 6.18 Å². The van der Waals surface area contributed by atoms with Crippen molar-refractivity contribution in [1.82, 2.24) is 10.9 Å². The third-order valence-corrected chi connectivity index (χ3v) is 3.70. The number of hydrogen-bond acceptors (Lipinski definition) is 4. The highest BCUT2D eigenvalue weighted by Gasteiger charge is 2.30. The lowest BCUT2D eigenvalue weighted by atomic mass is 10.1. The zero-order chi connectivity index (χ0) is 20.0. The third-order valence-electron chi connectivity index (χ3n) is 3.41. The van der Waals surface area contributed by atoms with Crippen LogP contribution in [0.25, 0.3) is 0 Å². The van der Waals surface area contributed by atoms with Gasteiger partial charge in [-0.05, 0) is 36.4 Å². The molecule has 27 heavy (non-hydrogen) atoms. The van der Waals surface area contributed by atoms with Crippen molar-refractivity contribution in [2.75, 3.05) is 11.2 Å². The largest absolute Gasteiger partial charge is 0.416 e. The standard InChI is InChI=1S/C17H15ClF3N3O3/c18-9-14(25)16(27)24-23-15(26)12-3-1-2-4-13(12)22-11-7-5-10(6-8-11)17(19,20)21/h1-8,14,22,25H,9H2,(H,23,26)(H,24,27). The Morgan fingerprint density at radius 3 is 2.26 bits per heavy atom. The number of aliphatic hydroxyl groups excluding tert-OH is 1. The number of rotatable bonds is 5. The molecule has 0 saturated heterocycles. The normalized spacial score (nSPS) is 12.2. The van der Waals surface area contributed by atoms with Gasteiger partial charge in [-0.3, -0.25) is 20.4 Å². The second-order valence-corrected chi connectivity index (χ2v) is 5.67. The molecule has 10 heteroatoms. The highest BCUT2D eigenvalue weighted by Crippen LogP contribution is 2.30. The Morgan fingerprint density at radius 2 is 1.67 bits per heavy atom. The average Bonchev–Trinajstić information content (AvgIpc) is 2.65. The van der Waals surface area contributed by atoms with Crippen molar-refractivity contribution in [1.29, 1.82) is 0 Å². The van der Waals surface area contributed by atoms with Crippen LogP contribution in [-0.4, -0.2) is 28.9 Å². The summed E-state index contributed by atoms with van der Waals surface area (Å²) in [6.45, 7) is 0. The van der Waals surface area contributed by atoms with Crippen LogP contribution in [0.2, 0.25) is 0 Å². The summed E-state index contributed by atoms with van der Waals surface area (Å²) in [5.74, 6) is -1.92. The van der Waals surface area contributed by atoms with Crippen LogP contribution in [0.1, 0.15) is 15.9 Å². The molecule has 0 aliphatic rings. The Kier molecular flexibility index (Phi) is 6.65. The number of aliphatic hydroxyl groups is 1. The molecule has 0 fully saturated rings. The molecule has 144 valence electrons. The summed E-state index contributed by atoms with van der Waals surface area (Å²) < 4.78 is 37.8. The Morgan fingerprint density at radius 1 is 1.04 bits per heavy atom. The SMILES string of the molecule is O=C(NNC(=O)C(O)CCl)c1ccccc1Nc1ccc(C(F)(F)F)cc1. The number of alkyl halides is 4. The summed E-state index contributed by atoms with van der Waals surface area (Å²) >= 11 is 5.33. The summed E-state index contributed by atoms with van der Waals surface area (Å²) in [6, 6.07) is 10.5. The smallest absolute Gasteiger partial charge is 0.382 e. The van der Waals surface area contributed by atoms with Crippen molar-refractivity contribution in [3.05, 3.63) is 59.7 Å². The van der Waals surface area contributed by atoms with Crippen LogP contribution in [0.15, 0.2) is 48.5 Å². The molecule has 0 saturated carbocycles. The molecule has 0 radical (unpaired) electrons. The van der Waals surface area contributed by atoms with Gasteiger partial charge in [0.15, 0.2) is 0 Å². The van der Waals surface area contributed by atoms with E-state index in [-0.39, 0.29) is 11.4 Å². The van der Waals surface area contributed by atoms with Crippen LogP contribution >= 0.6 is 11.6 Å². The highest BCUT2D eigenvalue weighted by molar-refractivity contribution is 6.19. The van der Waals surface area contributed by atoms with Crippen molar-refractivity contribution < 1.29 is 27.9 Å². The van der Waals surface area contributed by atoms with Crippen LogP contribution < -0.4 is 16.2 Å². The number of anilines is 2. The summed E-state index contributed by atoms with van der Waals surface area (Å²) in [6.07, 6.45) is -5.92. The van der Waals surface area contributed by atoms with Crippen molar-refractivity contribution in [2.45, 2.75) is 12.3 Å². The fourth-order valence-corrected chi connectivity index (χ4v) is 2.17. The van der Waals surface area contributed by atoms with Crippen molar-refractivity contribution in [3.63, 3.8) is 0 Å². The molecule has 2 amide bonds. The molecule has 0 aromatic heterocycles. The number of amides is 2. The number of halogens is 4. The van der Waals surface area contributed by atoms with Gasteiger partial charge in [0.1, 0.15) is 6.10 Å². The summed E-state index contributed by atoms with van der Waals surface area (Å²) in [5.41, 5.74) is 4.12. The van der Waals surface area contributed by atoms with Crippen LogP contribution in [0.3, 0.4) is 0 Å². The van der Waals surface area contributed by atoms with E-state index in [0.717, 1.165) is 12.1 Å². The van der Waals surface area contributed by atoms with Crippen LogP contribution in [-0.2, 0) is 11.0 Å². The number of benzene rings is 2. The minimum atomic E-state index is -4.44. The fraction of sp³-hybridized carbons (Fsp3) is 0.176. The minimum Gasteiger partial charge on any atom is -0.382 e. The number of para-hydroxylation sites is 1. The maximum atomic E-state index is 12.6. The maximum Gasteiger partial charge on any atom is 0.416 e. The predicted molar refractivity (Wildman–Crippen MR) is 93.5 cm³/mol. The molecule has 6 nitrogen and oxygen atoms in total. The van der Waals surface area contributed by atoms with E-state index in [0.29, 0.717) is 11.4 Å². The van der Waals surface area contributed by atoms with E-state index in [1.807, 2.05) is 5.43 Å². The van der Waals surface area contributed by atoms with Gasteiger partial charge in [0.05, 0.1) is 22.7 Å². The molecule has 2 aromatic rings. The van der Waals surface area contributed by atoms with Crippen LogP contribution in [0.5, 0.6) is 0 Å². The lowest BCUT2D eigenvalue weighted by Gasteiger charge is -2.14. The van der Waals surface area contributed by atoms with Gasteiger partial charge in [0.2, 0.25) is 0 Å². The molecule has 0 aliphatic heterocycles. The van der Waals surface area contributed by atoms with Gasteiger partial charge in [-0.2, -0.15) is 13.2 Å². The molecular formula is C17H15ClF3N3O3. The Balaban J connectivity index is 2.11. The Labute approximate surface area is 157 Å². The van der Waals surface area contributed by atoms with Crippen molar-refractivity contribution in [2.24, 2.45) is 0 Å². The van der Waals surface area contributed by atoms with Gasteiger partial charge in [0, 0.05) is 5.69 Å². The molecule has 0 bridgehead atoms. The van der Waals surface area contributed by atoms with E-state index in [4.69, 9.17) is 11.6 Å². The molecule has 1 atom stereocenters. The van der Waals surface area contributed by atoms with Gasteiger partial charge < -0.3 is 10.4 Å². The van der Waals surface area contributed by atoms with Crippen LogP contribution in [0, 0.1) is 0 Å². The molecule has 1 unspecified atom stereocenters. The first-order valence-electron chi connectivity index (χ1n) is 7.60. The van der Waals surface area contributed by atoms with Gasteiger partial charge in [-0.15, -0.1) is 11.6 Å². The van der Waals surface area contributed by atoms with E-state index in [1.165, 1.54) is 18.2 Å². The van der Waals surface area contributed by atoms with E-state index in [9.17, 15) is 27.9 Å². The number of nitrogens with one attached hydrogen (secondary N) is 3. The molecule has 2 rings (SSSR count). The zero-order valence-corrected chi connectivity index (χ0v) is 14.4. The monoisotopic (exact) mass is 401 g/mol. The summed E-state index contributed by atoms with van der Waals surface area (Å²) in [5, 5.41) is 12.1. The van der Waals surface area contributed by atoms with Gasteiger partial charge in [-0.1, -0.05) is 12.1 Å². The molecule has 0 spiro atoms. The third kappa shape index (κ3) is 5.60. The topological polar surface area (TPSA) is 90.5 Å². The zero-order valence-electron chi connectivity index (χ0n) is 13.7. The number of hydrogen-bond donors (Lipinski definition) is 4. The maximum absolute atomic E-state index is 12.6. The number of carbonyl (C=O) groups excluding carboxylic acids is 2. The second kappa shape index (κ2) is 8.74. The van der Waals surface area contributed by atoms with Gasteiger partial charge in [-0.25, -0.2) is 0 Å². The van der Waals surface area contributed by atoms with Crippen LogP contribution in [0.4, 0.5) is 24.5 Å². The van der Waals surface area contributed by atoms with E-state index < -0.39 is 29.7 Å². The Bertz CT molecular complexity index is 813. The predicted octanol–water partition coefficient (Wildman–Crippen LogP) is 2.81. The summed E-state index contributed by atoms with van der Waals surface area (Å²) in [4.78, 5) is 23.7. The van der Waals surface area contributed by atoms with Crippen molar-refractivity contribution in [3.8, 4) is 0 Å². The highest BCUT2D eigenvalue weighted by atomic mass is 35.5. The number of hydrazine groups is 1. The quantitative estimate of drug-likeness (QED) is 0.458. The van der Waals surface area contributed by atoms with E-state index in [1.54, 1.807) is 18.2 Å². The molecule has 0 heterocycles. The molecule has 2 aromatic carbocycles. The second-order valence-electron chi connectivity index (χ2n) is 5.36. The Hall–Kier alpha value is -2.78. The van der Waals surface area contributed by atoms with Gasteiger partial charge in [0.25, 0.3) is 11.8 Å². The lowest BCUT2D eigenvalue weighted by Crippen LogP contribution is -2.47. The average molecular weight is 402 g/mol. The molecule has 4 N–H and O–H groups in total. The van der Waals surface area contributed by atoms with E-state index >= 15 is 0 Å². The first kappa shape index (κ1) is 20.5. The van der Waals surface area contributed by atoms with E-state index in [2.05, 4.69) is 10.7 Å². The lowest BCUT2D eigenvalue weighted by molar-refractivity contribution is -0.137. The molecular weight excluding hydrogens is 387 g/mol. The first-order valence-corrected chi connectivity index (χ1v) is 8.13. The molecule has 0 aliphatic carbocycles. The fourth-order valence-electron chi connectivity index (χ4n) is 2.03. The minimum absolute atomic E-state index is 0.123.